The van der Waals surface area contributed by atoms with Gasteiger partial charge >= 0.3 is 0 Å². The molecule has 1 aliphatic rings. The minimum atomic E-state index is -0.763. The van der Waals surface area contributed by atoms with E-state index in [1.807, 2.05) is 97.2 Å². The molecule has 0 aliphatic heterocycles. The third kappa shape index (κ3) is 7.06. The molecule has 1 fully saturated rings. The summed E-state index contributed by atoms with van der Waals surface area (Å²) >= 11 is 0. The summed E-state index contributed by atoms with van der Waals surface area (Å²) in [6.45, 7) is 0. The van der Waals surface area contributed by atoms with Crippen LogP contribution in [0.25, 0.3) is 83.4 Å². The summed E-state index contributed by atoms with van der Waals surface area (Å²) in [6.07, 6.45) is 10.0. The summed E-state index contributed by atoms with van der Waals surface area (Å²) in [5.74, 6) is 1.01. The molecule has 1 saturated carbocycles. The first-order chi connectivity index (χ1) is 36.7. The van der Waals surface area contributed by atoms with Gasteiger partial charge in [0.25, 0.3) is 6.33 Å². The Labute approximate surface area is 394 Å². The number of aromatic nitrogens is 4. The van der Waals surface area contributed by atoms with Gasteiger partial charge in [-0.1, -0.05) is 177 Å². The van der Waals surface area contributed by atoms with E-state index in [0.717, 1.165) is 70.6 Å². The van der Waals surface area contributed by atoms with E-state index in [1.54, 1.807) is 27.3 Å². The number of hydrogen-bond acceptors (Lipinski definition) is 2. The van der Waals surface area contributed by atoms with Gasteiger partial charge in [0.15, 0.2) is 0 Å². The van der Waals surface area contributed by atoms with Crippen molar-refractivity contribution in [3.8, 4) is 62.1 Å². The fourth-order valence-corrected chi connectivity index (χ4v) is 9.41. The third-order valence-electron chi connectivity index (χ3n) is 12.4. The van der Waals surface area contributed by atoms with Crippen molar-refractivity contribution in [2.24, 2.45) is 0 Å². The highest BCUT2D eigenvalue weighted by molar-refractivity contribution is 6.09. The molecule has 12 rings (SSSR count). The molecule has 0 amide bonds. The van der Waals surface area contributed by atoms with Crippen molar-refractivity contribution in [1.82, 2.24) is 14.1 Å². The van der Waals surface area contributed by atoms with Crippen molar-refractivity contribution < 1.29 is 24.4 Å². The highest BCUT2D eigenvalue weighted by atomic mass is 16.5. The van der Waals surface area contributed by atoms with Crippen molar-refractivity contribution in [2.75, 3.05) is 0 Å². The van der Waals surface area contributed by atoms with Crippen LogP contribution in [-0.2, 0) is 0 Å². The number of fused-ring (bicyclic) bond motifs is 4. The quantitative estimate of drug-likeness (QED) is 0.107. The van der Waals surface area contributed by atoms with Crippen molar-refractivity contribution in [2.45, 2.75) is 38.0 Å². The van der Waals surface area contributed by atoms with E-state index in [0.29, 0.717) is 34.0 Å². The maximum Gasteiger partial charge on any atom is 0.269 e. The molecule has 5 heteroatoms. The zero-order valence-corrected chi connectivity index (χ0v) is 35.2. The molecular weight excluding hydrogens is 793 g/mol. The standard InChI is InChI=1S/C60H46N4O/c1-5-19-42(20-6-1)49-30-18-31-50(43-21-7-2-8-22-43)60(49)63-41-62(56-33-15-16-34-57(56)63)46-27-17-28-47(37-46)65-48-35-36-52-51-29-13-14-32-55(51)64(58(52)38-48)59-39-53(44-23-9-3-10-24-44)54(40-61-59)45-25-11-4-12-26-45/h1-2,4-8,11-22,25-40,44H,3,9-10,23-24H2/i1D,2D,5D,6D,7D,8D,19D,20D,21D,22D,44D. The first kappa shape index (κ1) is 28.6. The summed E-state index contributed by atoms with van der Waals surface area (Å²) in [4.78, 5) is 5.12. The highest BCUT2D eigenvalue weighted by Crippen LogP contribution is 2.41. The van der Waals surface area contributed by atoms with Crippen molar-refractivity contribution >= 4 is 32.8 Å². The van der Waals surface area contributed by atoms with Gasteiger partial charge in [-0.3, -0.25) is 13.7 Å². The summed E-state index contributed by atoms with van der Waals surface area (Å²) in [5, 5.41) is 2.06. The van der Waals surface area contributed by atoms with Crippen LogP contribution in [0.3, 0.4) is 0 Å². The summed E-state index contributed by atoms with van der Waals surface area (Å²) in [6, 6.07) is 40.9. The maximum atomic E-state index is 9.86. The molecule has 8 aromatic carbocycles. The lowest BCUT2D eigenvalue weighted by Gasteiger charge is -2.25. The monoisotopic (exact) mass is 849 g/mol. The molecule has 11 aromatic rings. The number of nitrogens with zero attached hydrogens (tertiary/aromatic N) is 4. The van der Waals surface area contributed by atoms with Crippen LogP contribution in [0, 0.1) is 6.33 Å². The smallest absolute Gasteiger partial charge is 0.269 e. The molecule has 3 heterocycles. The van der Waals surface area contributed by atoms with E-state index in [4.69, 9.17) is 23.4 Å². The minimum Gasteiger partial charge on any atom is -0.458 e. The first-order valence-electron chi connectivity index (χ1n) is 27.3. The van der Waals surface area contributed by atoms with Crippen LogP contribution < -0.4 is 9.30 Å². The van der Waals surface area contributed by atoms with Crippen LogP contribution >= 0.6 is 0 Å². The fourth-order valence-electron chi connectivity index (χ4n) is 9.41. The Morgan fingerprint density at radius 1 is 0.569 bits per heavy atom. The van der Waals surface area contributed by atoms with Crippen LogP contribution in [0.4, 0.5) is 0 Å². The lowest BCUT2D eigenvalue weighted by Crippen LogP contribution is -2.31. The van der Waals surface area contributed by atoms with E-state index in [1.165, 1.54) is 0 Å². The molecule has 1 aliphatic carbocycles. The Kier molecular flexibility index (Phi) is 7.31. The molecule has 3 aromatic heterocycles. The number of ether oxygens (including phenoxy) is 1. The number of rotatable bonds is 9. The summed E-state index contributed by atoms with van der Waals surface area (Å²) in [7, 11) is 0. The summed E-state index contributed by atoms with van der Waals surface area (Å²) in [5.41, 5.74) is 6.85. The lowest BCUT2D eigenvalue weighted by molar-refractivity contribution is -0.571. The van der Waals surface area contributed by atoms with Crippen molar-refractivity contribution in [1.29, 1.82) is 0 Å². The van der Waals surface area contributed by atoms with Gasteiger partial charge < -0.3 is 4.74 Å². The third-order valence-corrected chi connectivity index (χ3v) is 12.4. The SMILES string of the molecule is [2H]c1c([2H])c([2H])c(-c2cccc(-c3c([2H])c([2H])c([2H])c([2H])c3[2H])c2-[n+]2[c-]n(-c3cccc(Oc4ccc5c6ccccc6n(-c6cc(C7([2H])CCCCC7)c(-c7ccccc7)cn6)c5c4)c3)c3ccccc32)c([2H])c1[2H]. The molecule has 0 spiro atoms. The van der Waals surface area contributed by atoms with Gasteiger partial charge in [0.2, 0.25) is 0 Å². The molecule has 312 valence electrons. The fraction of sp³-hybridized carbons (Fsp3) is 0.100. The zero-order valence-electron chi connectivity index (χ0n) is 46.2. The molecule has 0 N–H and O–H groups in total. The van der Waals surface area contributed by atoms with E-state index in [-0.39, 0.29) is 27.9 Å². The number of para-hydroxylation sites is 4. The molecule has 0 bridgehead atoms. The molecular formula is C60H46N4O. The van der Waals surface area contributed by atoms with Gasteiger partial charge in [-0.2, -0.15) is 0 Å². The summed E-state index contributed by atoms with van der Waals surface area (Å²) < 4.78 is 109. The Morgan fingerprint density at radius 3 is 2.00 bits per heavy atom. The minimum absolute atomic E-state index is 0.135. The Bertz CT molecular complexity index is 4020. The van der Waals surface area contributed by atoms with E-state index < -0.39 is 66.3 Å². The second-order valence-corrected chi connectivity index (χ2v) is 16.2. The van der Waals surface area contributed by atoms with Gasteiger partial charge in [0.1, 0.15) is 17.3 Å². The van der Waals surface area contributed by atoms with Crippen LogP contribution in [0.15, 0.2) is 212 Å². The first-order valence-corrected chi connectivity index (χ1v) is 21.8. The number of pyridine rings is 1. The average Bonchev–Trinajstić information content (AvgIpc) is 4.14. The largest absolute Gasteiger partial charge is 0.458 e. The predicted molar refractivity (Wildman–Crippen MR) is 264 cm³/mol. The molecule has 0 unspecified atom stereocenters. The Morgan fingerprint density at radius 2 is 1.23 bits per heavy atom. The lowest BCUT2D eigenvalue weighted by atomic mass is 9.81. The molecule has 0 atom stereocenters. The van der Waals surface area contributed by atoms with Gasteiger partial charge in [-0.05, 0) is 94.6 Å². The number of hydrogen-bond donors (Lipinski definition) is 0. The van der Waals surface area contributed by atoms with Crippen molar-refractivity contribution in [3.63, 3.8) is 0 Å². The normalized spacial score (nSPS) is 16.0. The van der Waals surface area contributed by atoms with E-state index in [9.17, 15) is 1.37 Å². The predicted octanol–water partition coefficient (Wildman–Crippen LogP) is 15.0. The van der Waals surface area contributed by atoms with Gasteiger partial charge in [-0.25, -0.2) is 4.98 Å². The van der Waals surface area contributed by atoms with Crippen LogP contribution in [0.5, 0.6) is 11.5 Å². The molecule has 5 nitrogen and oxygen atoms in total. The second-order valence-electron chi connectivity index (χ2n) is 16.2. The second kappa shape index (κ2) is 16.6. The van der Waals surface area contributed by atoms with Crippen LogP contribution in [-0.4, -0.2) is 14.1 Å². The topological polar surface area (TPSA) is 35.9 Å². The molecule has 0 radical (unpaired) electrons. The van der Waals surface area contributed by atoms with Gasteiger partial charge in [0.05, 0.1) is 47.1 Å². The maximum absolute atomic E-state index is 9.86. The average molecular weight is 850 g/mol. The Hall–Kier alpha value is -8.02. The van der Waals surface area contributed by atoms with E-state index >= 15 is 0 Å². The molecule has 65 heavy (non-hydrogen) atoms. The molecule has 0 saturated heterocycles. The van der Waals surface area contributed by atoms with Crippen molar-refractivity contribution in [3.05, 3.63) is 224 Å². The number of benzene rings is 8. The Balaban J connectivity index is 0.998. The number of imidazole rings is 1. The van der Waals surface area contributed by atoms with Crippen LogP contribution in [0.2, 0.25) is 0 Å². The zero-order chi connectivity index (χ0) is 52.7. The highest BCUT2D eigenvalue weighted by Gasteiger charge is 2.23. The van der Waals surface area contributed by atoms with Gasteiger partial charge in [-0.15, -0.1) is 0 Å². The van der Waals surface area contributed by atoms with Crippen LogP contribution in [0.1, 0.15) is 58.6 Å². The van der Waals surface area contributed by atoms with Gasteiger partial charge in [0, 0.05) is 30.0 Å². The van der Waals surface area contributed by atoms with E-state index in [2.05, 4.69) is 47.3 Å².